The summed E-state index contributed by atoms with van der Waals surface area (Å²) < 4.78 is 12.0. The van der Waals surface area contributed by atoms with Crippen molar-refractivity contribution in [3.8, 4) is 0 Å². The molecule has 4 nitrogen and oxygen atoms in total. The molecule has 0 N–H and O–H groups in total. The molecule has 0 heterocycles. The quantitative estimate of drug-likeness (QED) is 0.0712. The lowest BCUT2D eigenvalue weighted by atomic mass is 10.0. The predicted molar refractivity (Wildman–Crippen MR) is 189 cm³/mol. The molecule has 0 bridgehead atoms. The Morgan fingerprint density at radius 1 is 0.488 bits per heavy atom. The first-order valence-electron chi connectivity index (χ1n) is 19.2. The van der Waals surface area contributed by atoms with Crippen LogP contribution in [-0.2, 0) is 14.3 Å². The van der Waals surface area contributed by atoms with Crippen LogP contribution in [0.2, 0.25) is 0 Å². The normalized spacial score (nSPS) is 12.3. The number of carbonyl (C=O) groups excluding carboxylic acids is 1. The molecular formula is C39H79NO3. The molecule has 258 valence electrons. The minimum Gasteiger partial charge on any atom is -0.376 e. The zero-order valence-corrected chi connectivity index (χ0v) is 30.7. The molecule has 0 saturated heterocycles. The molecule has 0 fully saturated rings. The van der Waals surface area contributed by atoms with Gasteiger partial charge >= 0.3 is 0 Å². The number of rotatable bonds is 32. The van der Waals surface area contributed by atoms with E-state index in [4.69, 9.17) is 9.47 Å². The number of amides is 1. The van der Waals surface area contributed by atoms with Gasteiger partial charge in [-0.15, -0.1) is 0 Å². The number of ether oxygens (including phenoxy) is 2. The lowest BCUT2D eigenvalue weighted by Crippen LogP contribution is -2.39. The van der Waals surface area contributed by atoms with Crippen LogP contribution in [0.1, 0.15) is 209 Å². The first-order valence-corrected chi connectivity index (χ1v) is 19.2. The van der Waals surface area contributed by atoms with Crippen LogP contribution >= 0.6 is 0 Å². The molecule has 0 spiro atoms. The van der Waals surface area contributed by atoms with Gasteiger partial charge in [-0.1, -0.05) is 155 Å². The Kier molecular flexibility index (Phi) is 28.4. The highest BCUT2D eigenvalue weighted by atomic mass is 16.5. The summed E-state index contributed by atoms with van der Waals surface area (Å²) in [5.41, 5.74) is -0.510. The summed E-state index contributed by atoms with van der Waals surface area (Å²) >= 11 is 0. The largest absolute Gasteiger partial charge is 0.376 e. The number of unbranched alkanes of at least 4 members (excludes halogenated alkanes) is 22. The Labute approximate surface area is 271 Å². The zero-order chi connectivity index (χ0) is 32.1. The van der Waals surface area contributed by atoms with Crippen molar-refractivity contribution in [3.63, 3.8) is 0 Å². The maximum absolute atomic E-state index is 13.3. The molecular weight excluding hydrogens is 530 g/mol. The van der Waals surface area contributed by atoms with Crippen molar-refractivity contribution in [1.29, 1.82) is 0 Å². The Morgan fingerprint density at radius 3 is 1.14 bits per heavy atom. The van der Waals surface area contributed by atoms with Gasteiger partial charge in [-0.2, -0.15) is 0 Å². The van der Waals surface area contributed by atoms with Gasteiger partial charge in [-0.05, 0) is 53.9 Å². The molecule has 0 radical (unpaired) electrons. The maximum Gasteiger partial charge on any atom is 0.248 e. The Hall–Kier alpha value is -0.610. The lowest BCUT2D eigenvalue weighted by molar-refractivity contribution is -0.144. The van der Waals surface area contributed by atoms with Crippen molar-refractivity contribution in [1.82, 2.24) is 4.90 Å². The smallest absolute Gasteiger partial charge is 0.248 e. The van der Waals surface area contributed by atoms with Crippen LogP contribution in [-0.4, -0.2) is 48.3 Å². The fourth-order valence-corrected chi connectivity index (χ4v) is 5.67. The van der Waals surface area contributed by atoms with Crippen molar-refractivity contribution in [2.75, 3.05) is 26.3 Å². The molecule has 43 heavy (non-hydrogen) atoms. The Balaban J connectivity index is 4.33. The summed E-state index contributed by atoms with van der Waals surface area (Å²) in [5.74, 6) is 0.163. The van der Waals surface area contributed by atoms with Crippen LogP contribution in [0.4, 0.5) is 0 Å². The molecule has 0 aliphatic rings. The molecule has 1 amide bonds. The lowest BCUT2D eigenvalue weighted by Gasteiger charge is -2.29. The van der Waals surface area contributed by atoms with Gasteiger partial charge in [0.05, 0.1) is 11.2 Å². The van der Waals surface area contributed by atoms with Crippen molar-refractivity contribution >= 4 is 5.91 Å². The van der Waals surface area contributed by atoms with Gasteiger partial charge in [0, 0.05) is 19.7 Å². The molecule has 0 saturated carbocycles. The molecule has 0 unspecified atom stereocenters. The van der Waals surface area contributed by atoms with Gasteiger partial charge in [-0.25, -0.2) is 0 Å². The van der Waals surface area contributed by atoms with Gasteiger partial charge in [-0.3, -0.25) is 4.79 Å². The van der Waals surface area contributed by atoms with Gasteiger partial charge < -0.3 is 14.4 Å². The number of carbonyl (C=O) groups is 1. The minimum absolute atomic E-state index is 0.148. The summed E-state index contributed by atoms with van der Waals surface area (Å²) in [6, 6.07) is 0. The molecule has 0 atom stereocenters. The average Bonchev–Trinajstić information content (AvgIpc) is 2.95. The van der Waals surface area contributed by atoms with Crippen LogP contribution in [0.5, 0.6) is 0 Å². The monoisotopic (exact) mass is 610 g/mol. The average molecular weight is 610 g/mol. The van der Waals surface area contributed by atoms with Crippen LogP contribution < -0.4 is 0 Å². The molecule has 0 rings (SSSR count). The predicted octanol–water partition coefficient (Wildman–Crippen LogP) is 12.2. The molecule has 0 aromatic carbocycles. The highest BCUT2D eigenvalue weighted by molar-refractivity contribution is 5.77. The zero-order valence-electron chi connectivity index (χ0n) is 30.7. The summed E-state index contributed by atoms with van der Waals surface area (Å²) in [7, 11) is 0. The van der Waals surface area contributed by atoms with E-state index < -0.39 is 0 Å². The fourth-order valence-electron chi connectivity index (χ4n) is 5.67. The molecule has 4 heteroatoms. The van der Waals surface area contributed by atoms with E-state index in [1.807, 2.05) is 0 Å². The number of hydrogen-bond acceptors (Lipinski definition) is 3. The molecule has 0 aromatic heterocycles. The second-order valence-corrected chi connectivity index (χ2v) is 14.9. The molecule has 0 aliphatic heterocycles. The minimum atomic E-state index is -0.363. The van der Waals surface area contributed by atoms with Crippen LogP contribution in [0.3, 0.4) is 0 Å². The first kappa shape index (κ1) is 42.4. The highest BCUT2D eigenvalue weighted by Gasteiger charge is 2.23. The van der Waals surface area contributed by atoms with Gasteiger partial charge in [0.1, 0.15) is 6.61 Å². The summed E-state index contributed by atoms with van der Waals surface area (Å²) in [4.78, 5) is 15.4. The second kappa shape index (κ2) is 28.8. The van der Waals surface area contributed by atoms with Crippen molar-refractivity contribution in [3.05, 3.63) is 0 Å². The van der Waals surface area contributed by atoms with Gasteiger partial charge in [0.2, 0.25) is 5.91 Å². The molecule has 0 aromatic rings. The summed E-state index contributed by atoms with van der Waals surface area (Å²) in [5, 5.41) is 0. The number of nitrogens with zero attached hydrogens (tertiary/aromatic N) is 1. The SMILES string of the molecule is CCCCCCCCCCCCCCN(CCCCCCCCCCCCCC)C(=O)COC(C)(C)CCOC(C)(C)C. The third-order valence-corrected chi connectivity index (χ3v) is 8.74. The van der Waals surface area contributed by atoms with E-state index in [2.05, 4.69) is 53.4 Å². The third-order valence-electron chi connectivity index (χ3n) is 8.74. The van der Waals surface area contributed by atoms with E-state index in [0.717, 1.165) is 32.4 Å². The fraction of sp³-hybridized carbons (Fsp3) is 0.974. The maximum atomic E-state index is 13.3. The summed E-state index contributed by atoms with van der Waals surface area (Å²) in [6.07, 6.45) is 33.1. The standard InChI is InChI=1S/C39H79NO3/c1-8-10-12-14-16-18-20-22-24-26-28-30-33-40(34-31-29-27-25-23-21-19-17-15-13-11-9-2)37(41)36-43-39(6,7)32-35-42-38(3,4)5/h8-36H2,1-7H3. The molecule has 0 aliphatic carbocycles. The van der Waals surface area contributed by atoms with Crippen LogP contribution in [0.25, 0.3) is 0 Å². The summed E-state index contributed by atoms with van der Waals surface area (Å²) in [6.45, 7) is 17.5. The Bertz CT molecular complexity index is 570. The number of hydrogen-bond donors (Lipinski definition) is 0. The van der Waals surface area contributed by atoms with Crippen molar-refractivity contribution in [2.45, 2.75) is 220 Å². The van der Waals surface area contributed by atoms with E-state index in [1.54, 1.807) is 0 Å². The Morgan fingerprint density at radius 2 is 0.814 bits per heavy atom. The van der Waals surface area contributed by atoms with Gasteiger partial charge in [0.25, 0.3) is 0 Å². The van der Waals surface area contributed by atoms with Gasteiger partial charge in [0.15, 0.2) is 0 Å². The van der Waals surface area contributed by atoms with Crippen molar-refractivity contribution in [2.24, 2.45) is 0 Å². The van der Waals surface area contributed by atoms with E-state index >= 15 is 0 Å². The van der Waals surface area contributed by atoms with E-state index in [9.17, 15) is 4.79 Å². The second-order valence-electron chi connectivity index (χ2n) is 14.9. The first-order chi connectivity index (χ1) is 20.6. The van der Waals surface area contributed by atoms with Crippen LogP contribution in [0, 0.1) is 0 Å². The van der Waals surface area contributed by atoms with E-state index in [1.165, 1.54) is 141 Å². The van der Waals surface area contributed by atoms with Crippen LogP contribution in [0.15, 0.2) is 0 Å². The van der Waals surface area contributed by atoms with Crippen molar-refractivity contribution < 1.29 is 14.3 Å². The topological polar surface area (TPSA) is 38.8 Å². The third kappa shape index (κ3) is 31.2. The van der Waals surface area contributed by atoms with E-state index in [-0.39, 0.29) is 23.7 Å². The van der Waals surface area contributed by atoms with E-state index in [0.29, 0.717) is 6.61 Å². The highest BCUT2D eigenvalue weighted by Crippen LogP contribution is 2.18.